The van der Waals surface area contributed by atoms with Crippen LogP contribution < -0.4 is 16.2 Å². The lowest BCUT2D eigenvalue weighted by atomic mass is 9.86. The smallest absolute Gasteiger partial charge is 0.238 e. The summed E-state index contributed by atoms with van der Waals surface area (Å²) in [6.45, 7) is 0.877. The Bertz CT molecular complexity index is 513. The summed E-state index contributed by atoms with van der Waals surface area (Å²) in [5.41, 5.74) is 6.86. The normalized spacial score (nSPS) is 24.1. The maximum absolute atomic E-state index is 11.1. The molecule has 0 bridgehead atoms. The molecule has 106 valence electrons. The van der Waals surface area contributed by atoms with Gasteiger partial charge >= 0.3 is 0 Å². The van der Waals surface area contributed by atoms with Crippen LogP contribution >= 0.6 is 0 Å². The molecule has 1 aromatic carbocycles. The van der Waals surface area contributed by atoms with E-state index in [1.54, 1.807) is 12.1 Å². The Hall–Kier alpha value is -1.11. The van der Waals surface area contributed by atoms with Crippen molar-refractivity contribution in [3.05, 3.63) is 24.3 Å². The average Bonchev–Trinajstić information content (AvgIpc) is 2.36. The molecule has 2 atom stereocenters. The highest BCUT2D eigenvalue weighted by atomic mass is 32.2. The van der Waals surface area contributed by atoms with E-state index in [0.29, 0.717) is 12.0 Å². The predicted octanol–water partition coefficient (Wildman–Crippen LogP) is 1.26. The number of nitrogens with one attached hydrogen (secondary N) is 1. The molecule has 0 saturated heterocycles. The molecule has 1 saturated carbocycles. The first-order valence-corrected chi connectivity index (χ1v) is 8.12. The van der Waals surface area contributed by atoms with Gasteiger partial charge in [-0.25, -0.2) is 13.6 Å². The predicted molar refractivity (Wildman–Crippen MR) is 76.2 cm³/mol. The molecule has 2 unspecified atom stereocenters. The highest BCUT2D eigenvalue weighted by Gasteiger charge is 2.18. The van der Waals surface area contributed by atoms with Crippen LogP contribution in [0, 0.1) is 5.92 Å². The fraction of sp³-hybridized carbons (Fsp3) is 0.538. The zero-order valence-electron chi connectivity index (χ0n) is 10.9. The molecule has 5 N–H and O–H groups in total. The van der Waals surface area contributed by atoms with E-state index in [0.717, 1.165) is 25.1 Å². The second kappa shape index (κ2) is 5.90. The Morgan fingerprint density at radius 1 is 1.21 bits per heavy atom. The monoisotopic (exact) mass is 283 g/mol. The first kappa shape index (κ1) is 14.3. The lowest BCUT2D eigenvalue weighted by Gasteiger charge is -2.27. The summed E-state index contributed by atoms with van der Waals surface area (Å²) in [4.78, 5) is 0.137. The molecule has 0 aromatic heterocycles. The third-order valence-corrected chi connectivity index (χ3v) is 4.53. The number of sulfonamides is 1. The van der Waals surface area contributed by atoms with Crippen molar-refractivity contribution in [2.45, 2.75) is 36.6 Å². The summed E-state index contributed by atoms with van der Waals surface area (Å²) in [5, 5.41) is 8.37. The van der Waals surface area contributed by atoms with Crippen molar-refractivity contribution in [1.82, 2.24) is 0 Å². The second-order valence-corrected chi connectivity index (χ2v) is 6.80. The van der Waals surface area contributed by atoms with Crippen molar-refractivity contribution in [2.24, 2.45) is 16.8 Å². The molecule has 2 rings (SSSR count). The summed E-state index contributed by atoms with van der Waals surface area (Å²) in [5.74, 6) is 0.599. The van der Waals surface area contributed by atoms with E-state index < -0.39 is 10.0 Å². The summed E-state index contributed by atoms with van der Waals surface area (Å²) in [6, 6.07) is 6.84. The molecule has 0 spiro atoms. The van der Waals surface area contributed by atoms with Gasteiger partial charge in [0.2, 0.25) is 10.0 Å². The molecule has 6 heteroatoms. The van der Waals surface area contributed by atoms with Crippen molar-refractivity contribution in [3.63, 3.8) is 0 Å². The second-order valence-electron chi connectivity index (χ2n) is 5.24. The first-order chi connectivity index (χ1) is 8.95. The van der Waals surface area contributed by atoms with Crippen LogP contribution in [0.5, 0.6) is 0 Å². The van der Waals surface area contributed by atoms with E-state index in [1.165, 1.54) is 25.0 Å². The largest absolute Gasteiger partial charge is 0.385 e. The molecule has 1 aliphatic rings. The Morgan fingerprint density at radius 2 is 1.89 bits per heavy atom. The van der Waals surface area contributed by atoms with Gasteiger partial charge < -0.3 is 11.1 Å². The first-order valence-electron chi connectivity index (χ1n) is 6.57. The Labute approximate surface area is 114 Å². The Morgan fingerprint density at radius 3 is 2.47 bits per heavy atom. The fourth-order valence-corrected chi connectivity index (χ4v) is 3.06. The van der Waals surface area contributed by atoms with Gasteiger partial charge in [-0.3, -0.25) is 0 Å². The van der Waals surface area contributed by atoms with Crippen LogP contribution in [0.4, 0.5) is 5.69 Å². The highest BCUT2D eigenvalue weighted by Crippen LogP contribution is 2.23. The quantitative estimate of drug-likeness (QED) is 0.775. The number of hydrogen-bond acceptors (Lipinski definition) is 4. The molecule has 1 aliphatic carbocycles. The van der Waals surface area contributed by atoms with Crippen molar-refractivity contribution < 1.29 is 8.42 Å². The topological polar surface area (TPSA) is 98.2 Å². The molecule has 5 nitrogen and oxygen atoms in total. The van der Waals surface area contributed by atoms with Crippen LogP contribution in [0.15, 0.2) is 29.2 Å². The van der Waals surface area contributed by atoms with Crippen LogP contribution in [0.25, 0.3) is 0 Å². The van der Waals surface area contributed by atoms with Crippen molar-refractivity contribution >= 4 is 15.7 Å². The molecule has 0 heterocycles. The minimum atomic E-state index is -3.61. The minimum absolute atomic E-state index is 0.137. The van der Waals surface area contributed by atoms with E-state index in [9.17, 15) is 8.42 Å². The molecule has 19 heavy (non-hydrogen) atoms. The van der Waals surface area contributed by atoms with E-state index in [-0.39, 0.29) is 4.90 Å². The molecule has 0 aliphatic heterocycles. The number of hydrogen-bond donors (Lipinski definition) is 3. The number of anilines is 1. The summed E-state index contributed by atoms with van der Waals surface area (Å²) in [7, 11) is -3.61. The van der Waals surface area contributed by atoms with Crippen molar-refractivity contribution in [1.29, 1.82) is 0 Å². The zero-order chi connectivity index (χ0) is 13.9. The fourth-order valence-electron chi connectivity index (χ4n) is 2.54. The average molecular weight is 283 g/mol. The minimum Gasteiger partial charge on any atom is -0.385 e. The van der Waals surface area contributed by atoms with Gasteiger partial charge in [-0.15, -0.1) is 0 Å². The SMILES string of the molecule is NC1CCCC(CNc2ccc(S(N)(=O)=O)cc2)C1. The van der Waals surface area contributed by atoms with Gasteiger partial charge in [-0.1, -0.05) is 6.42 Å². The number of rotatable bonds is 4. The third-order valence-electron chi connectivity index (χ3n) is 3.60. The molecule has 1 fully saturated rings. The van der Waals surface area contributed by atoms with Gasteiger partial charge in [-0.2, -0.15) is 0 Å². The number of benzene rings is 1. The van der Waals surface area contributed by atoms with Gasteiger partial charge in [0, 0.05) is 18.3 Å². The molecule has 0 radical (unpaired) electrons. The van der Waals surface area contributed by atoms with Crippen LogP contribution in [-0.2, 0) is 10.0 Å². The van der Waals surface area contributed by atoms with Crippen LogP contribution in [0.3, 0.4) is 0 Å². The van der Waals surface area contributed by atoms with Gasteiger partial charge in [0.25, 0.3) is 0 Å². The Kier molecular flexibility index (Phi) is 4.44. The van der Waals surface area contributed by atoms with Gasteiger partial charge in [0.05, 0.1) is 4.90 Å². The molecular weight excluding hydrogens is 262 g/mol. The molecule has 1 aromatic rings. The van der Waals surface area contributed by atoms with Crippen LogP contribution in [0.1, 0.15) is 25.7 Å². The lowest BCUT2D eigenvalue weighted by molar-refractivity contribution is 0.335. The standard InChI is InChI=1S/C13H21N3O2S/c14-11-3-1-2-10(8-11)9-16-12-4-6-13(7-5-12)19(15,17)18/h4-7,10-11,16H,1-3,8-9,14H2,(H2,15,17,18). The van der Waals surface area contributed by atoms with E-state index >= 15 is 0 Å². The molecular formula is C13H21N3O2S. The van der Waals surface area contributed by atoms with E-state index in [1.807, 2.05) is 0 Å². The Balaban J connectivity index is 1.89. The zero-order valence-corrected chi connectivity index (χ0v) is 11.7. The maximum atomic E-state index is 11.1. The number of nitrogens with two attached hydrogens (primary N) is 2. The summed E-state index contributed by atoms with van der Waals surface area (Å²) < 4.78 is 22.3. The lowest BCUT2D eigenvalue weighted by Crippen LogP contribution is -2.30. The molecule has 0 amide bonds. The maximum Gasteiger partial charge on any atom is 0.238 e. The van der Waals surface area contributed by atoms with E-state index in [4.69, 9.17) is 10.9 Å². The van der Waals surface area contributed by atoms with Crippen LogP contribution in [-0.4, -0.2) is 21.0 Å². The van der Waals surface area contributed by atoms with E-state index in [2.05, 4.69) is 5.32 Å². The summed E-state index contributed by atoms with van der Waals surface area (Å²) in [6.07, 6.45) is 4.58. The van der Waals surface area contributed by atoms with Crippen molar-refractivity contribution in [2.75, 3.05) is 11.9 Å². The van der Waals surface area contributed by atoms with Gasteiger partial charge in [0.15, 0.2) is 0 Å². The highest BCUT2D eigenvalue weighted by molar-refractivity contribution is 7.89. The van der Waals surface area contributed by atoms with Crippen LogP contribution in [0.2, 0.25) is 0 Å². The third kappa shape index (κ3) is 4.19. The number of primary sulfonamides is 1. The van der Waals surface area contributed by atoms with Gasteiger partial charge in [0.1, 0.15) is 0 Å². The van der Waals surface area contributed by atoms with Gasteiger partial charge in [-0.05, 0) is 49.4 Å². The van der Waals surface area contributed by atoms with Crippen molar-refractivity contribution in [3.8, 4) is 0 Å². The summed E-state index contributed by atoms with van der Waals surface area (Å²) >= 11 is 0.